The molecule has 1 aromatic carbocycles. The van der Waals surface area contributed by atoms with E-state index in [1.54, 1.807) is 19.4 Å². The largest absolute Gasteiger partial charge is 0.496 e. The molecule has 2 aromatic rings. The number of hydrazine groups is 1. The molecule has 0 radical (unpaired) electrons. The van der Waals surface area contributed by atoms with Gasteiger partial charge in [0.1, 0.15) is 12.3 Å². The highest BCUT2D eigenvalue weighted by atomic mass is 19.4. The van der Waals surface area contributed by atoms with Gasteiger partial charge in [0.2, 0.25) is 6.41 Å². The number of amides is 1. The average Bonchev–Trinajstić information content (AvgIpc) is 3.01. The predicted molar refractivity (Wildman–Crippen MR) is 180 cm³/mol. The third kappa shape index (κ3) is 22.1. The van der Waals surface area contributed by atoms with E-state index in [1.807, 2.05) is 71.9 Å². The fraction of sp³-hybridized carbons (Fsp3) is 0.412. The minimum atomic E-state index is -4.35. The summed E-state index contributed by atoms with van der Waals surface area (Å²) in [7, 11) is 1.64. The number of halogens is 4. The van der Waals surface area contributed by atoms with Crippen LogP contribution in [0.15, 0.2) is 79.1 Å². The molecule has 254 valence electrons. The average molecular weight is 640 g/mol. The van der Waals surface area contributed by atoms with E-state index in [9.17, 15) is 22.4 Å². The predicted octanol–water partition coefficient (Wildman–Crippen LogP) is 8.99. The van der Waals surface area contributed by atoms with Crippen LogP contribution in [0.2, 0.25) is 0 Å². The van der Waals surface area contributed by atoms with Gasteiger partial charge in [-0.25, -0.2) is 4.39 Å². The Bertz CT molecular complexity index is 1180. The number of carbonyl (C=O) groups excluding carboxylic acids is 1. The number of carbonyl (C=O) groups is 1. The monoisotopic (exact) mass is 639 g/mol. The molecule has 0 saturated carbocycles. The van der Waals surface area contributed by atoms with Crippen molar-refractivity contribution in [1.82, 2.24) is 15.3 Å². The number of benzene rings is 1. The highest BCUT2D eigenvalue weighted by Gasteiger charge is 2.30. The molecule has 11 heteroatoms. The first-order valence-electron chi connectivity index (χ1n) is 14.8. The van der Waals surface area contributed by atoms with Crippen LogP contribution < -0.4 is 21.7 Å². The van der Waals surface area contributed by atoms with E-state index < -0.39 is 12.7 Å². The number of methoxy groups -OCH3 is 1. The highest BCUT2D eigenvalue weighted by molar-refractivity contribution is 5.75. The summed E-state index contributed by atoms with van der Waals surface area (Å²) in [5.41, 5.74) is 13.1. The van der Waals surface area contributed by atoms with Gasteiger partial charge in [-0.3, -0.25) is 15.6 Å². The van der Waals surface area contributed by atoms with E-state index in [0.29, 0.717) is 22.7 Å². The van der Waals surface area contributed by atoms with Crippen molar-refractivity contribution in [1.29, 1.82) is 0 Å². The molecule has 2 rings (SSSR count). The van der Waals surface area contributed by atoms with Crippen molar-refractivity contribution in [2.75, 3.05) is 13.7 Å². The summed E-state index contributed by atoms with van der Waals surface area (Å²) in [5.74, 6) is 5.78. The number of aromatic nitrogens is 1. The van der Waals surface area contributed by atoms with Gasteiger partial charge in [0.05, 0.1) is 18.6 Å². The molecule has 0 spiro atoms. The Morgan fingerprint density at radius 1 is 1.13 bits per heavy atom. The number of pyridine rings is 1. The van der Waals surface area contributed by atoms with Crippen molar-refractivity contribution in [2.24, 2.45) is 11.6 Å². The van der Waals surface area contributed by atoms with Gasteiger partial charge >= 0.3 is 6.18 Å². The van der Waals surface area contributed by atoms with Crippen molar-refractivity contribution in [3.8, 4) is 16.9 Å². The van der Waals surface area contributed by atoms with Crippen LogP contribution in [0.4, 0.5) is 17.6 Å². The standard InChI is InChI=1S/C15H18N4O.C10H16F3NO.C5H7F.2C2H6/c1-10-7-11(5-6-18-10)13-4-3-12(8-15(13)20-2)14(16)9-19-17;1-3-4-5-6-9(2)14(8-15)7-10(11,12)13;1-3-4-5(2)6;2*1-2/h3-9,19H,16-17H2,1-2H3;6,8H,3-5,7H2,1-2H3;3-4H,1H2,2H3;2*1-2H3/b14-9-;9-6-;5-4+;;. The van der Waals surface area contributed by atoms with E-state index in [2.05, 4.69) is 17.0 Å². The maximum atomic E-state index is 12.0. The maximum Gasteiger partial charge on any atom is 0.406 e. The summed E-state index contributed by atoms with van der Waals surface area (Å²) in [6, 6.07) is 9.74. The fourth-order valence-corrected chi connectivity index (χ4v) is 3.23. The zero-order chi connectivity index (χ0) is 35.4. The van der Waals surface area contributed by atoms with Crippen molar-refractivity contribution in [3.63, 3.8) is 0 Å². The molecular weight excluding hydrogens is 586 g/mol. The van der Waals surface area contributed by atoms with Gasteiger partial charge in [-0.1, -0.05) is 72.3 Å². The number of aryl methyl sites for hydroxylation is 1. The zero-order valence-electron chi connectivity index (χ0n) is 28.3. The van der Waals surface area contributed by atoms with Gasteiger partial charge < -0.3 is 20.8 Å². The number of alkyl halides is 3. The molecule has 0 aliphatic heterocycles. The zero-order valence-corrected chi connectivity index (χ0v) is 28.3. The van der Waals surface area contributed by atoms with E-state index in [-0.39, 0.29) is 12.2 Å². The lowest BCUT2D eigenvalue weighted by Gasteiger charge is -2.19. The van der Waals surface area contributed by atoms with Crippen LogP contribution in [0, 0.1) is 6.92 Å². The van der Waals surface area contributed by atoms with Crippen molar-refractivity contribution in [2.45, 2.75) is 80.8 Å². The van der Waals surface area contributed by atoms with Crippen molar-refractivity contribution >= 4 is 12.1 Å². The molecule has 45 heavy (non-hydrogen) atoms. The Hall–Kier alpha value is -4.12. The third-order valence-electron chi connectivity index (χ3n) is 5.26. The SMILES string of the molecule is C=C/C=C(\C)F.CC.CC.CCCC/C=C(/C)N(C=O)CC(F)(F)F.COc1cc(/C(N)=C/NN)ccc1-c1ccnc(C)c1. The van der Waals surface area contributed by atoms with Gasteiger partial charge in [0, 0.05) is 34.9 Å². The number of hydrogen-bond donors (Lipinski definition) is 3. The Morgan fingerprint density at radius 3 is 2.18 bits per heavy atom. The summed E-state index contributed by atoms with van der Waals surface area (Å²) in [6.07, 6.45) is 6.14. The first-order chi connectivity index (χ1) is 21.3. The Morgan fingerprint density at radius 2 is 1.76 bits per heavy atom. The van der Waals surface area contributed by atoms with E-state index >= 15 is 0 Å². The molecule has 1 heterocycles. The van der Waals surface area contributed by atoms with E-state index in [4.69, 9.17) is 16.3 Å². The molecule has 0 unspecified atom stereocenters. The second-order valence-electron chi connectivity index (χ2n) is 8.69. The number of nitrogens with one attached hydrogen (secondary N) is 1. The minimum absolute atomic E-state index is 0.204. The van der Waals surface area contributed by atoms with Crippen LogP contribution >= 0.6 is 0 Å². The molecule has 0 bridgehead atoms. The maximum absolute atomic E-state index is 12.0. The Kier molecular flexibility index (Phi) is 27.6. The summed E-state index contributed by atoms with van der Waals surface area (Å²) >= 11 is 0. The summed E-state index contributed by atoms with van der Waals surface area (Å²) in [4.78, 5) is 15.3. The number of nitrogens with two attached hydrogens (primary N) is 2. The van der Waals surface area contributed by atoms with Crippen molar-refractivity contribution in [3.05, 3.63) is 90.3 Å². The topological polar surface area (TPSA) is 106 Å². The smallest absolute Gasteiger partial charge is 0.406 e. The number of allylic oxidation sites excluding steroid dienone is 5. The van der Waals surface area contributed by atoms with Crippen LogP contribution in [-0.4, -0.2) is 36.1 Å². The van der Waals surface area contributed by atoms with Gasteiger partial charge in [0.15, 0.2) is 0 Å². The summed E-state index contributed by atoms with van der Waals surface area (Å²) in [6.45, 7) is 16.9. The van der Waals surface area contributed by atoms with Gasteiger partial charge in [-0.2, -0.15) is 13.2 Å². The fourth-order valence-electron chi connectivity index (χ4n) is 3.23. The lowest BCUT2D eigenvalue weighted by atomic mass is 10.0. The number of unbranched alkanes of at least 4 members (excludes halogenated alkanes) is 2. The van der Waals surface area contributed by atoms with E-state index in [0.717, 1.165) is 41.0 Å². The summed E-state index contributed by atoms with van der Waals surface area (Å²) < 4.78 is 53.0. The normalized spacial score (nSPS) is 11.0. The molecule has 0 aliphatic carbocycles. The molecule has 0 saturated heterocycles. The number of nitrogens with zero attached hydrogens (tertiary/aromatic N) is 2. The third-order valence-corrected chi connectivity index (χ3v) is 5.26. The lowest BCUT2D eigenvalue weighted by molar-refractivity contribution is -0.150. The molecule has 1 amide bonds. The van der Waals surface area contributed by atoms with Crippen molar-refractivity contribution < 1.29 is 27.1 Å². The number of ether oxygens (including phenoxy) is 1. The van der Waals surface area contributed by atoms with E-state index in [1.165, 1.54) is 32.2 Å². The second kappa shape index (κ2) is 27.4. The Labute approximate surface area is 267 Å². The van der Waals surface area contributed by atoms with Gasteiger partial charge in [0.25, 0.3) is 0 Å². The second-order valence-corrected chi connectivity index (χ2v) is 8.69. The molecule has 0 fully saturated rings. The molecule has 0 aliphatic rings. The first kappa shape index (κ1) is 45.3. The van der Waals surface area contributed by atoms with Crippen LogP contribution in [0.25, 0.3) is 16.8 Å². The minimum Gasteiger partial charge on any atom is -0.496 e. The van der Waals surface area contributed by atoms with Gasteiger partial charge in [-0.05, 0) is 63.1 Å². The first-order valence-corrected chi connectivity index (χ1v) is 14.8. The van der Waals surface area contributed by atoms with Gasteiger partial charge in [-0.15, -0.1) is 0 Å². The number of rotatable bonds is 11. The van der Waals surface area contributed by atoms with Crippen LogP contribution in [0.5, 0.6) is 5.75 Å². The Balaban J connectivity index is -0.000000622. The quantitative estimate of drug-likeness (QED) is 0.0566. The molecular formula is C34H53F4N5O2. The molecule has 1 aromatic heterocycles. The lowest BCUT2D eigenvalue weighted by Crippen LogP contribution is -2.31. The molecule has 0 atom stereocenters. The summed E-state index contributed by atoms with van der Waals surface area (Å²) in [5, 5.41) is 0. The highest BCUT2D eigenvalue weighted by Crippen LogP contribution is 2.32. The molecule has 5 N–H and O–H groups in total. The number of hydrogen-bond acceptors (Lipinski definition) is 6. The van der Waals surface area contributed by atoms with Crippen LogP contribution in [-0.2, 0) is 4.79 Å². The molecule has 7 nitrogen and oxygen atoms in total. The van der Waals surface area contributed by atoms with Crippen LogP contribution in [0.1, 0.15) is 79.0 Å². The van der Waals surface area contributed by atoms with Crippen LogP contribution in [0.3, 0.4) is 0 Å².